The number of hydrogen-bond donors (Lipinski definition) is 1. The van der Waals surface area contributed by atoms with E-state index in [4.69, 9.17) is 15.1 Å². The number of aryl methyl sites for hydroxylation is 1. The molecule has 42 heavy (non-hydrogen) atoms. The maximum absolute atomic E-state index is 13.4. The molecule has 1 amide bonds. The molecule has 3 aromatic carbocycles. The molecule has 1 atom stereocenters. The van der Waals surface area contributed by atoms with E-state index >= 15 is 0 Å². The van der Waals surface area contributed by atoms with Crippen molar-refractivity contribution in [1.82, 2.24) is 29.3 Å². The summed E-state index contributed by atoms with van der Waals surface area (Å²) in [5.41, 5.74) is 12.5. The third kappa shape index (κ3) is 5.78. The summed E-state index contributed by atoms with van der Waals surface area (Å²) in [5.74, 6) is 0.832. The van der Waals surface area contributed by atoms with Crippen LogP contribution in [0.25, 0.3) is 11.0 Å². The molecule has 1 aliphatic rings. The molecule has 1 unspecified atom stereocenters. The van der Waals surface area contributed by atoms with Gasteiger partial charge >= 0.3 is 0 Å². The fourth-order valence-electron chi connectivity index (χ4n) is 5.42. The van der Waals surface area contributed by atoms with Crippen molar-refractivity contribution in [3.8, 4) is 0 Å². The van der Waals surface area contributed by atoms with Crippen LogP contribution in [0.2, 0.25) is 0 Å². The largest absolute Gasteiger partial charge is 0.399 e. The maximum atomic E-state index is 13.4. The number of aromatic nitrogens is 5. The maximum Gasteiger partial charge on any atom is 0.253 e. The molecule has 0 radical (unpaired) electrons. The molecule has 0 bridgehead atoms. The van der Waals surface area contributed by atoms with E-state index in [0.717, 1.165) is 52.6 Å². The summed E-state index contributed by atoms with van der Waals surface area (Å²) in [4.78, 5) is 24.7. The van der Waals surface area contributed by atoms with Crippen molar-refractivity contribution in [1.29, 1.82) is 0 Å². The van der Waals surface area contributed by atoms with E-state index in [1.165, 1.54) is 22.8 Å². The minimum absolute atomic E-state index is 0.00173. The Morgan fingerprint density at radius 2 is 1.79 bits per heavy atom. The number of hydrogen-bond acceptors (Lipinski definition) is 9. The second kappa shape index (κ2) is 11.8. The smallest absolute Gasteiger partial charge is 0.253 e. The van der Waals surface area contributed by atoms with Crippen LogP contribution >= 0.6 is 11.5 Å². The Labute approximate surface area is 249 Å². The van der Waals surface area contributed by atoms with Crippen molar-refractivity contribution < 1.29 is 4.79 Å². The van der Waals surface area contributed by atoms with Crippen LogP contribution in [0.5, 0.6) is 0 Å². The number of nitrogen functional groups attached to an aromatic ring is 1. The van der Waals surface area contributed by atoms with Crippen molar-refractivity contribution in [3.05, 3.63) is 89.2 Å². The first-order valence-corrected chi connectivity index (χ1v) is 14.9. The number of nitrogens with two attached hydrogens (primary N) is 1. The van der Waals surface area contributed by atoms with E-state index in [-0.39, 0.29) is 11.8 Å². The normalized spacial score (nSPS) is 14.6. The number of carbonyl (C=O) groups excluding carboxylic acids is 1. The predicted molar refractivity (Wildman–Crippen MR) is 168 cm³/mol. The lowest BCUT2D eigenvalue weighted by Gasteiger charge is -2.21. The molecule has 10 nitrogen and oxygen atoms in total. The van der Waals surface area contributed by atoms with Gasteiger partial charge in [-0.15, -0.1) is 5.10 Å². The molecular weight excluding hydrogens is 546 g/mol. The van der Waals surface area contributed by atoms with Gasteiger partial charge in [0.1, 0.15) is 5.52 Å². The Kier molecular flexibility index (Phi) is 7.75. The first kappa shape index (κ1) is 27.6. The summed E-state index contributed by atoms with van der Waals surface area (Å²) in [6.07, 6.45) is 1.64. The van der Waals surface area contributed by atoms with Gasteiger partial charge in [-0.25, -0.2) is 9.67 Å². The van der Waals surface area contributed by atoms with Crippen LogP contribution in [0.3, 0.4) is 0 Å². The Morgan fingerprint density at radius 3 is 2.55 bits per heavy atom. The summed E-state index contributed by atoms with van der Waals surface area (Å²) in [7, 11) is 5.94. The van der Waals surface area contributed by atoms with Gasteiger partial charge in [0.25, 0.3) is 5.91 Å². The lowest BCUT2D eigenvalue weighted by Crippen LogP contribution is -2.35. The molecule has 0 aliphatic carbocycles. The van der Waals surface area contributed by atoms with Crippen LogP contribution in [0.1, 0.15) is 39.6 Å². The Bertz CT molecular complexity index is 1680. The Hall–Kier alpha value is -4.51. The first-order chi connectivity index (χ1) is 20.4. The Morgan fingerprint density at radius 1 is 1.00 bits per heavy atom. The second-order valence-corrected chi connectivity index (χ2v) is 11.7. The minimum atomic E-state index is 0.00173. The highest BCUT2D eigenvalue weighted by molar-refractivity contribution is 7.09. The zero-order chi connectivity index (χ0) is 29.2. The summed E-state index contributed by atoms with van der Waals surface area (Å²) in [6.45, 7) is 2.83. The number of rotatable bonds is 7. The van der Waals surface area contributed by atoms with Crippen LogP contribution in [0, 0.1) is 0 Å². The Balaban J connectivity index is 1.18. The number of carbonyl (C=O) groups is 1. The zero-order valence-corrected chi connectivity index (χ0v) is 25.0. The van der Waals surface area contributed by atoms with Crippen molar-refractivity contribution in [2.45, 2.75) is 18.8 Å². The lowest BCUT2D eigenvalue weighted by atomic mass is 9.91. The fourth-order valence-corrected chi connectivity index (χ4v) is 6.19. The van der Waals surface area contributed by atoms with Crippen LogP contribution in [-0.4, -0.2) is 75.4 Å². The highest BCUT2D eigenvalue weighted by Gasteiger charge is 2.25. The molecule has 216 valence electrons. The summed E-state index contributed by atoms with van der Waals surface area (Å²) in [5, 5.41) is 9.11. The molecule has 2 N–H and O–H groups in total. The molecular formula is C31H35N9OS. The fraction of sp³-hybridized carbons (Fsp3) is 0.323. The predicted octanol–water partition coefficient (Wildman–Crippen LogP) is 4.20. The van der Waals surface area contributed by atoms with Gasteiger partial charge in [-0.3, -0.25) is 4.79 Å². The van der Waals surface area contributed by atoms with E-state index in [9.17, 15) is 4.79 Å². The van der Waals surface area contributed by atoms with Gasteiger partial charge in [-0.05, 0) is 66.4 Å². The quantitative estimate of drug-likeness (QED) is 0.285. The van der Waals surface area contributed by atoms with Crippen LogP contribution < -0.4 is 15.5 Å². The van der Waals surface area contributed by atoms with Gasteiger partial charge in [0, 0.05) is 81.7 Å². The van der Waals surface area contributed by atoms with Gasteiger partial charge in [-0.2, -0.15) is 4.37 Å². The molecule has 1 saturated heterocycles. The number of nitrogens with zero attached hydrogens (tertiary/aromatic N) is 8. The highest BCUT2D eigenvalue weighted by atomic mass is 32.1. The molecule has 1 fully saturated rings. The van der Waals surface area contributed by atoms with Gasteiger partial charge in [0.05, 0.1) is 5.52 Å². The van der Waals surface area contributed by atoms with E-state index in [1.807, 2.05) is 56.4 Å². The molecule has 3 heterocycles. The summed E-state index contributed by atoms with van der Waals surface area (Å²) < 4.78 is 6.56. The monoisotopic (exact) mass is 581 g/mol. The van der Waals surface area contributed by atoms with Gasteiger partial charge in [0.2, 0.25) is 5.13 Å². The SMILES string of the molecule is CN(C)c1ccc(CC(c2ccc(N)cc2)c2nsc(N3CCCN(C(=O)c4ccc5c(c4)nnn5C)CC3)n2)cc1. The minimum Gasteiger partial charge on any atom is -0.399 e. The third-order valence-electron chi connectivity index (χ3n) is 7.89. The third-order valence-corrected chi connectivity index (χ3v) is 8.68. The topological polar surface area (TPSA) is 109 Å². The van der Waals surface area contributed by atoms with E-state index in [0.29, 0.717) is 25.2 Å². The highest BCUT2D eigenvalue weighted by Crippen LogP contribution is 2.31. The number of benzene rings is 3. The van der Waals surface area contributed by atoms with Crippen LogP contribution in [0.4, 0.5) is 16.5 Å². The first-order valence-electron chi connectivity index (χ1n) is 14.1. The standard InChI is InChI=1S/C31H35N9OS/c1-37(2)25-12-5-21(6-13-25)19-26(22-7-10-24(32)11-8-22)29-33-31(42-35-29)40-16-4-15-39(17-18-40)30(41)23-9-14-28-27(20-23)34-36-38(28)3/h5-14,20,26H,4,15-19,32H2,1-3H3. The van der Waals surface area contributed by atoms with Crippen molar-refractivity contribution >= 4 is 45.0 Å². The summed E-state index contributed by atoms with van der Waals surface area (Å²) in [6, 6.07) is 22.3. The molecule has 1 aliphatic heterocycles. The second-order valence-electron chi connectivity index (χ2n) is 11.0. The van der Waals surface area contributed by atoms with Gasteiger partial charge in [0.15, 0.2) is 5.82 Å². The molecule has 0 spiro atoms. The number of amides is 1. The van der Waals surface area contributed by atoms with Crippen LogP contribution in [0.15, 0.2) is 66.7 Å². The lowest BCUT2D eigenvalue weighted by molar-refractivity contribution is 0.0767. The van der Waals surface area contributed by atoms with Gasteiger partial charge in [-0.1, -0.05) is 29.5 Å². The molecule has 5 aromatic rings. The van der Waals surface area contributed by atoms with E-state index in [1.54, 1.807) is 4.68 Å². The van der Waals surface area contributed by atoms with Crippen molar-refractivity contribution in [2.75, 3.05) is 55.8 Å². The van der Waals surface area contributed by atoms with Crippen molar-refractivity contribution in [3.63, 3.8) is 0 Å². The van der Waals surface area contributed by atoms with E-state index < -0.39 is 0 Å². The molecule has 2 aromatic heterocycles. The summed E-state index contributed by atoms with van der Waals surface area (Å²) >= 11 is 1.43. The van der Waals surface area contributed by atoms with E-state index in [2.05, 4.69) is 56.5 Å². The average Bonchev–Trinajstić information content (AvgIpc) is 3.55. The average molecular weight is 582 g/mol. The number of anilines is 3. The number of fused-ring (bicyclic) bond motifs is 1. The molecule has 0 saturated carbocycles. The molecule has 6 rings (SSSR count). The zero-order valence-electron chi connectivity index (χ0n) is 24.1. The molecule has 11 heteroatoms. The van der Waals surface area contributed by atoms with Crippen molar-refractivity contribution in [2.24, 2.45) is 7.05 Å². The van der Waals surface area contributed by atoms with Gasteiger partial charge < -0.3 is 20.4 Å². The van der Waals surface area contributed by atoms with Crippen LogP contribution in [-0.2, 0) is 13.5 Å².